The van der Waals surface area contributed by atoms with Crippen LogP contribution in [0.4, 0.5) is 80.4 Å². The van der Waals surface area contributed by atoms with Gasteiger partial charge in [0, 0.05) is 54.8 Å². The maximum atomic E-state index is 10.3. The molecule has 0 heterocycles. The summed E-state index contributed by atoms with van der Waals surface area (Å²) in [6, 6.07) is 21.3. The quantitative estimate of drug-likeness (QED) is 0.0474. The fourth-order valence-corrected chi connectivity index (χ4v) is 4.31. The van der Waals surface area contributed by atoms with Crippen LogP contribution in [0.1, 0.15) is 0 Å². The Hall–Kier alpha value is -7.15. The molecule has 5 radical (unpaired) electrons. The van der Waals surface area contributed by atoms with Crippen LogP contribution in [-0.2, 0) is 0 Å². The second kappa shape index (κ2) is 29.1. The van der Waals surface area contributed by atoms with Crippen molar-refractivity contribution in [2.24, 2.45) is 0 Å². The van der Waals surface area contributed by atoms with E-state index < -0.39 is 24.6 Å². The molecule has 30 heteroatoms. The smallest absolute Gasteiger partial charge is 0.293 e. The zero-order valence-corrected chi connectivity index (χ0v) is 33.5. The van der Waals surface area contributed by atoms with Crippen molar-refractivity contribution < 1.29 is 48.1 Å². The zero-order chi connectivity index (χ0) is 42.2. The molecule has 0 aliphatic heterocycles. The van der Waals surface area contributed by atoms with E-state index in [1.165, 1.54) is 60.7 Å². The Balaban J connectivity index is -0.000000206. The summed E-state index contributed by atoms with van der Waals surface area (Å²) in [6.45, 7) is 0. The SMILES string of the molecule is F.F.F.F.F.Nc1ccc([S])cc1[N+](=O)[O-].Nc1ccc([S])cc1[N+](=O)[O-].Nc1ccc([S])cc1[N+](=O)[O-].Nc1ccc([S])cc1[N+](=O)[O-].Nc1ccc([S])cc1[N+](=O)[O-]. The molecular formula is C30H30F5N10O10S5. The molecule has 20 nitrogen and oxygen atoms in total. The summed E-state index contributed by atoms with van der Waals surface area (Å²) in [6.07, 6.45) is 0. The van der Waals surface area contributed by atoms with Crippen molar-refractivity contribution in [3.05, 3.63) is 142 Å². The molecule has 0 atom stereocenters. The number of benzene rings is 5. The molecule has 5 aromatic carbocycles. The number of hydrogen-bond donors (Lipinski definition) is 5. The molecular weight excluding hydrogens is 916 g/mol. The Morgan fingerprint density at radius 1 is 0.300 bits per heavy atom. The second-order valence-electron chi connectivity index (χ2n) is 9.89. The lowest BCUT2D eigenvalue weighted by Gasteiger charge is -1.95. The van der Waals surface area contributed by atoms with Gasteiger partial charge in [-0.2, -0.15) is 0 Å². The predicted molar refractivity (Wildman–Crippen MR) is 229 cm³/mol. The molecule has 0 saturated carbocycles. The normalized spacial score (nSPS) is 8.67. The third-order valence-electron chi connectivity index (χ3n) is 5.99. The Labute approximate surface area is 361 Å². The monoisotopic (exact) mass is 945 g/mol. The molecule has 0 amide bonds. The molecule has 60 heavy (non-hydrogen) atoms. The molecule has 0 saturated heterocycles. The van der Waals surface area contributed by atoms with Gasteiger partial charge in [-0.05, 0) is 60.7 Å². The minimum absolute atomic E-state index is 0. The van der Waals surface area contributed by atoms with Gasteiger partial charge in [0.1, 0.15) is 28.4 Å². The van der Waals surface area contributed by atoms with E-state index in [9.17, 15) is 50.6 Å². The van der Waals surface area contributed by atoms with Gasteiger partial charge in [0.15, 0.2) is 0 Å². The van der Waals surface area contributed by atoms with E-state index in [0.29, 0.717) is 24.5 Å². The second-order valence-corrected chi connectivity index (χ2v) is 12.2. The molecule has 10 N–H and O–H groups in total. The number of nitrogens with zero attached hydrogens (tertiary/aromatic N) is 5. The summed E-state index contributed by atoms with van der Waals surface area (Å²) in [4.78, 5) is 50.6. The lowest BCUT2D eigenvalue weighted by molar-refractivity contribution is -0.384. The van der Waals surface area contributed by atoms with Gasteiger partial charge >= 0.3 is 0 Å². The number of anilines is 5. The van der Waals surface area contributed by atoms with Crippen LogP contribution < -0.4 is 28.7 Å². The van der Waals surface area contributed by atoms with E-state index in [0.717, 1.165) is 0 Å². The van der Waals surface area contributed by atoms with E-state index >= 15 is 0 Å². The van der Waals surface area contributed by atoms with Crippen LogP contribution in [0, 0.1) is 50.6 Å². The first-order valence-corrected chi connectivity index (χ1v) is 16.1. The molecule has 5 aromatic rings. The van der Waals surface area contributed by atoms with Crippen LogP contribution in [0.2, 0.25) is 0 Å². The van der Waals surface area contributed by atoms with Gasteiger partial charge in [-0.15, -0.1) is 0 Å². The summed E-state index contributed by atoms with van der Waals surface area (Å²) >= 11 is 23.6. The maximum Gasteiger partial charge on any atom is 0.293 e. The molecule has 0 fully saturated rings. The highest BCUT2D eigenvalue weighted by atomic mass is 32.1. The highest BCUT2D eigenvalue weighted by Crippen LogP contribution is 2.27. The number of nitrogen functional groups attached to an aromatic ring is 5. The lowest BCUT2D eigenvalue weighted by Crippen LogP contribution is -1.94. The van der Waals surface area contributed by atoms with Crippen LogP contribution in [0.25, 0.3) is 0 Å². The van der Waals surface area contributed by atoms with Crippen LogP contribution in [0.15, 0.2) is 115 Å². The molecule has 0 aromatic heterocycles. The minimum atomic E-state index is -0.550. The standard InChI is InChI=1S/5C6H5N2O2S.5FH/c5*7-5-2-1-4(11)3-6(5)8(9)10;;;;;/h5*1-3H,7H2;5*1H. The van der Waals surface area contributed by atoms with Crippen LogP contribution >= 0.6 is 63.1 Å². The average Bonchev–Trinajstić information content (AvgIpc) is 3.10. The summed E-state index contributed by atoms with van der Waals surface area (Å²) in [7, 11) is 0. The van der Waals surface area contributed by atoms with E-state index in [4.69, 9.17) is 91.8 Å². The van der Waals surface area contributed by atoms with E-state index in [1.807, 2.05) is 0 Å². The molecule has 0 unspecified atom stereocenters. The Bertz CT molecular complexity index is 1880. The lowest BCUT2D eigenvalue weighted by atomic mass is 10.3. The minimum Gasteiger partial charge on any atom is -0.393 e. The molecule has 0 bridgehead atoms. The maximum absolute atomic E-state index is 10.3. The molecule has 325 valence electrons. The van der Waals surface area contributed by atoms with Crippen molar-refractivity contribution in [3.8, 4) is 0 Å². The largest absolute Gasteiger partial charge is 0.393 e. The Morgan fingerprint density at radius 2 is 0.417 bits per heavy atom. The van der Waals surface area contributed by atoms with Crippen molar-refractivity contribution in [2.75, 3.05) is 28.7 Å². The highest BCUT2D eigenvalue weighted by molar-refractivity contribution is 7.81. The van der Waals surface area contributed by atoms with Crippen molar-refractivity contribution >= 4 is 120 Å². The predicted octanol–water partition coefficient (Wildman–Crippen LogP) is 9.43. The topological polar surface area (TPSA) is 346 Å². The van der Waals surface area contributed by atoms with E-state index in [2.05, 4.69) is 0 Å². The summed E-state index contributed by atoms with van der Waals surface area (Å²) in [5, 5.41) is 51.3. The van der Waals surface area contributed by atoms with Gasteiger partial charge in [-0.1, -0.05) is 63.1 Å². The number of hydrogen-bond acceptors (Lipinski definition) is 15. The fraction of sp³-hybridized carbons (Fsp3) is 0. The first-order chi connectivity index (χ1) is 25.5. The van der Waals surface area contributed by atoms with Crippen LogP contribution in [0.3, 0.4) is 0 Å². The molecule has 0 spiro atoms. The highest BCUT2D eigenvalue weighted by Gasteiger charge is 2.13. The number of nitro groups is 5. The van der Waals surface area contributed by atoms with Gasteiger partial charge in [0.2, 0.25) is 0 Å². The molecule has 5 rings (SSSR count). The van der Waals surface area contributed by atoms with Crippen molar-refractivity contribution in [2.45, 2.75) is 24.5 Å². The van der Waals surface area contributed by atoms with E-state index in [-0.39, 0.29) is 80.4 Å². The van der Waals surface area contributed by atoms with E-state index in [1.54, 1.807) is 30.3 Å². The number of nitro benzene ring substituents is 5. The Morgan fingerprint density at radius 3 is 0.500 bits per heavy atom. The Kier molecular flexibility index (Phi) is 30.1. The van der Waals surface area contributed by atoms with Crippen molar-refractivity contribution in [1.82, 2.24) is 0 Å². The molecule has 0 aliphatic carbocycles. The van der Waals surface area contributed by atoms with Gasteiger partial charge in [-0.3, -0.25) is 74.1 Å². The number of rotatable bonds is 5. The van der Waals surface area contributed by atoms with Crippen molar-refractivity contribution in [3.63, 3.8) is 0 Å². The van der Waals surface area contributed by atoms with Crippen LogP contribution in [0.5, 0.6) is 0 Å². The zero-order valence-electron chi connectivity index (χ0n) is 29.4. The number of halogens is 5. The number of nitrogens with two attached hydrogens (primary N) is 5. The van der Waals surface area contributed by atoms with Gasteiger partial charge in [0.25, 0.3) is 28.4 Å². The fourth-order valence-electron chi connectivity index (χ4n) is 3.41. The summed E-state index contributed by atoms with van der Waals surface area (Å²) in [5.41, 5.74) is 26.6. The van der Waals surface area contributed by atoms with Gasteiger partial charge in [0.05, 0.1) is 24.6 Å². The first-order valence-electron chi connectivity index (χ1n) is 14.1. The van der Waals surface area contributed by atoms with Gasteiger partial charge in [-0.25, -0.2) is 0 Å². The third kappa shape index (κ3) is 20.8. The molecule has 0 aliphatic rings. The van der Waals surface area contributed by atoms with Gasteiger partial charge < -0.3 is 28.7 Å². The van der Waals surface area contributed by atoms with Crippen molar-refractivity contribution in [1.29, 1.82) is 0 Å². The third-order valence-corrected chi connectivity index (χ3v) is 7.26. The van der Waals surface area contributed by atoms with Crippen LogP contribution in [-0.4, -0.2) is 24.6 Å². The first kappa shape index (κ1) is 62.1. The average molecular weight is 946 g/mol. The summed E-state index contributed by atoms with van der Waals surface area (Å²) < 4.78 is 0. The summed E-state index contributed by atoms with van der Waals surface area (Å²) in [5.74, 6) is 0.